The molecule has 3 aromatic rings. The summed E-state index contributed by atoms with van der Waals surface area (Å²) < 4.78 is 0. The third kappa shape index (κ3) is 4.67. The molecule has 27 heavy (non-hydrogen) atoms. The van der Waals surface area contributed by atoms with Crippen molar-refractivity contribution in [1.82, 2.24) is 10.2 Å². The second-order valence-electron chi connectivity index (χ2n) is 6.35. The molecule has 0 fully saturated rings. The van der Waals surface area contributed by atoms with E-state index in [4.69, 9.17) is 5.26 Å². The molecular weight excluding hydrogens is 338 g/mol. The summed E-state index contributed by atoms with van der Waals surface area (Å²) >= 11 is 0. The molecule has 2 aromatic carbocycles. The van der Waals surface area contributed by atoms with E-state index in [1.807, 2.05) is 18.2 Å². The van der Waals surface area contributed by atoms with E-state index in [0.29, 0.717) is 23.0 Å². The number of anilines is 3. The first-order chi connectivity index (χ1) is 13.0. The predicted molar refractivity (Wildman–Crippen MR) is 105 cm³/mol. The van der Waals surface area contributed by atoms with Crippen molar-refractivity contribution in [2.24, 2.45) is 0 Å². The van der Waals surface area contributed by atoms with Crippen molar-refractivity contribution >= 4 is 23.1 Å². The molecule has 6 nitrogen and oxygen atoms in total. The molecule has 134 valence electrons. The Kier molecular flexibility index (Phi) is 5.43. The fraction of sp³-hybridized carbons (Fsp3) is 0.143. The van der Waals surface area contributed by atoms with Gasteiger partial charge in [0.05, 0.1) is 11.6 Å². The van der Waals surface area contributed by atoms with Crippen molar-refractivity contribution in [1.29, 1.82) is 5.26 Å². The maximum Gasteiger partial charge on any atom is 0.276 e. The SMILES string of the molecule is CC(C)c1ccc(Nc2ccc(C(=O)Nc3ccc(C#N)cc3)nn2)cc1. The number of carbonyl (C=O) groups excluding carboxylic acids is 1. The van der Waals surface area contributed by atoms with Crippen LogP contribution >= 0.6 is 0 Å². The molecule has 0 radical (unpaired) electrons. The number of amides is 1. The van der Waals surface area contributed by atoms with Gasteiger partial charge in [0, 0.05) is 11.4 Å². The summed E-state index contributed by atoms with van der Waals surface area (Å²) in [6.45, 7) is 4.30. The Bertz CT molecular complexity index is 955. The quantitative estimate of drug-likeness (QED) is 0.703. The first kappa shape index (κ1) is 18.1. The molecule has 3 rings (SSSR count). The van der Waals surface area contributed by atoms with Crippen LogP contribution in [0, 0.1) is 11.3 Å². The van der Waals surface area contributed by atoms with Crippen molar-refractivity contribution in [2.75, 3.05) is 10.6 Å². The van der Waals surface area contributed by atoms with Gasteiger partial charge in [-0.05, 0) is 60.0 Å². The van der Waals surface area contributed by atoms with Gasteiger partial charge in [0.25, 0.3) is 5.91 Å². The van der Waals surface area contributed by atoms with Gasteiger partial charge in [-0.1, -0.05) is 26.0 Å². The highest BCUT2D eigenvalue weighted by atomic mass is 16.1. The van der Waals surface area contributed by atoms with Crippen LogP contribution in [0.4, 0.5) is 17.2 Å². The smallest absolute Gasteiger partial charge is 0.276 e. The van der Waals surface area contributed by atoms with Gasteiger partial charge in [0.1, 0.15) is 0 Å². The molecule has 1 aromatic heterocycles. The first-order valence-electron chi connectivity index (χ1n) is 8.57. The molecule has 2 N–H and O–H groups in total. The standard InChI is InChI=1S/C21H19N5O/c1-14(2)16-5-9-17(10-6-16)23-20-12-11-19(25-26-20)21(27)24-18-7-3-15(13-22)4-8-18/h3-12,14H,1-2H3,(H,23,26)(H,24,27). The topological polar surface area (TPSA) is 90.7 Å². The van der Waals surface area contributed by atoms with Gasteiger partial charge in [-0.25, -0.2) is 0 Å². The lowest BCUT2D eigenvalue weighted by Crippen LogP contribution is -2.14. The number of aromatic nitrogens is 2. The van der Waals surface area contributed by atoms with E-state index in [2.05, 4.69) is 46.8 Å². The van der Waals surface area contributed by atoms with Crippen molar-refractivity contribution in [3.63, 3.8) is 0 Å². The van der Waals surface area contributed by atoms with Crippen LogP contribution in [0.5, 0.6) is 0 Å². The molecule has 6 heteroatoms. The minimum absolute atomic E-state index is 0.208. The van der Waals surface area contributed by atoms with E-state index in [1.165, 1.54) is 5.56 Å². The maximum atomic E-state index is 12.2. The molecule has 0 spiro atoms. The molecule has 0 atom stereocenters. The highest BCUT2D eigenvalue weighted by Gasteiger charge is 2.09. The largest absolute Gasteiger partial charge is 0.339 e. The Morgan fingerprint density at radius 1 is 0.926 bits per heavy atom. The van der Waals surface area contributed by atoms with Crippen LogP contribution in [0.3, 0.4) is 0 Å². The maximum absolute atomic E-state index is 12.2. The average Bonchev–Trinajstić information content (AvgIpc) is 2.69. The number of benzene rings is 2. The summed E-state index contributed by atoms with van der Waals surface area (Å²) in [4.78, 5) is 12.2. The highest BCUT2D eigenvalue weighted by Crippen LogP contribution is 2.19. The third-order valence-corrected chi connectivity index (χ3v) is 4.02. The van der Waals surface area contributed by atoms with Crippen LogP contribution in [0.25, 0.3) is 0 Å². The molecule has 0 saturated heterocycles. The summed E-state index contributed by atoms with van der Waals surface area (Å²) in [5.41, 5.74) is 3.50. The second kappa shape index (κ2) is 8.11. The van der Waals surface area contributed by atoms with E-state index >= 15 is 0 Å². The number of hydrogen-bond acceptors (Lipinski definition) is 5. The van der Waals surface area contributed by atoms with E-state index in [9.17, 15) is 4.79 Å². The fourth-order valence-electron chi connectivity index (χ4n) is 2.44. The Labute approximate surface area is 157 Å². The minimum atomic E-state index is -0.361. The number of hydrogen-bond donors (Lipinski definition) is 2. The van der Waals surface area contributed by atoms with Crippen molar-refractivity contribution in [3.8, 4) is 6.07 Å². The van der Waals surface area contributed by atoms with Crippen LogP contribution in [0.2, 0.25) is 0 Å². The zero-order chi connectivity index (χ0) is 19.2. The zero-order valence-electron chi connectivity index (χ0n) is 15.1. The molecule has 0 bridgehead atoms. The molecule has 0 aliphatic carbocycles. The van der Waals surface area contributed by atoms with Crippen LogP contribution in [-0.4, -0.2) is 16.1 Å². The summed E-state index contributed by atoms with van der Waals surface area (Å²) in [5, 5.41) is 22.7. The summed E-state index contributed by atoms with van der Waals surface area (Å²) in [7, 11) is 0. The molecular formula is C21H19N5O. The van der Waals surface area contributed by atoms with Crippen molar-refractivity contribution in [2.45, 2.75) is 19.8 Å². The van der Waals surface area contributed by atoms with Crippen LogP contribution in [-0.2, 0) is 0 Å². The number of rotatable bonds is 5. The summed E-state index contributed by atoms with van der Waals surface area (Å²) in [5.74, 6) is 0.676. The lowest BCUT2D eigenvalue weighted by molar-refractivity contribution is 0.102. The van der Waals surface area contributed by atoms with Crippen LogP contribution in [0.15, 0.2) is 60.7 Å². The number of carbonyl (C=O) groups is 1. The Morgan fingerprint density at radius 3 is 2.15 bits per heavy atom. The molecule has 0 unspecified atom stereocenters. The monoisotopic (exact) mass is 357 g/mol. The number of nitrogens with zero attached hydrogens (tertiary/aromatic N) is 3. The third-order valence-electron chi connectivity index (χ3n) is 4.02. The van der Waals surface area contributed by atoms with Gasteiger partial charge in [0.15, 0.2) is 11.5 Å². The van der Waals surface area contributed by atoms with Crippen molar-refractivity contribution in [3.05, 3.63) is 77.5 Å². The number of nitriles is 1. The molecule has 0 saturated carbocycles. The zero-order valence-corrected chi connectivity index (χ0v) is 15.1. The molecule has 0 aliphatic rings. The Morgan fingerprint density at radius 2 is 1.59 bits per heavy atom. The molecule has 1 heterocycles. The lowest BCUT2D eigenvalue weighted by atomic mass is 10.0. The van der Waals surface area contributed by atoms with Gasteiger partial charge in [-0.3, -0.25) is 4.79 Å². The molecule has 0 aliphatic heterocycles. The minimum Gasteiger partial charge on any atom is -0.339 e. The van der Waals surface area contributed by atoms with Gasteiger partial charge in [-0.15, -0.1) is 10.2 Å². The lowest BCUT2D eigenvalue weighted by Gasteiger charge is -2.09. The molecule has 1 amide bonds. The van der Waals surface area contributed by atoms with Crippen molar-refractivity contribution < 1.29 is 4.79 Å². The second-order valence-corrected chi connectivity index (χ2v) is 6.35. The van der Waals surface area contributed by atoms with E-state index in [1.54, 1.807) is 36.4 Å². The first-order valence-corrected chi connectivity index (χ1v) is 8.57. The Balaban J connectivity index is 1.63. The van der Waals surface area contributed by atoms with Crippen LogP contribution in [0.1, 0.15) is 41.4 Å². The van der Waals surface area contributed by atoms with Gasteiger partial charge < -0.3 is 10.6 Å². The van der Waals surface area contributed by atoms with E-state index < -0.39 is 0 Å². The predicted octanol–water partition coefficient (Wildman–Crippen LogP) is 4.47. The Hall–Kier alpha value is -3.72. The van der Waals surface area contributed by atoms with Gasteiger partial charge in [-0.2, -0.15) is 5.26 Å². The van der Waals surface area contributed by atoms with E-state index in [-0.39, 0.29) is 11.6 Å². The van der Waals surface area contributed by atoms with Gasteiger partial charge >= 0.3 is 0 Å². The van der Waals surface area contributed by atoms with E-state index in [0.717, 1.165) is 5.69 Å². The normalized spacial score (nSPS) is 10.3. The van der Waals surface area contributed by atoms with Gasteiger partial charge in [0.2, 0.25) is 0 Å². The highest BCUT2D eigenvalue weighted by molar-refractivity contribution is 6.02. The van der Waals surface area contributed by atoms with Crippen LogP contribution < -0.4 is 10.6 Å². The summed E-state index contributed by atoms with van der Waals surface area (Å²) in [6.07, 6.45) is 0. The summed E-state index contributed by atoms with van der Waals surface area (Å²) in [6, 6.07) is 20.1. The average molecular weight is 357 g/mol. The number of nitrogens with one attached hydrogen (secondary N) is 2. The fourth-order valence-corrected chi connectivity index (χ4v) is 2.44.